The molecule has 1 N–H and O–H groups in total. The van der Waals surface area contributed by atoms with Crippen LogP contribution in [0.25, 0.3) is 0 Å². The molecule has 0 spiro atoms. The summed E-state index contributed by atoms with van der Waals surface area (Å²) in [5, 5.41) is 9.95. The second-order valence-electron chi connectivity index (χ2n) is 5.15. The molecule has 1 fully saturated rings. The van der Waals surface area contributed by atoms with E-state index in [4.69, 9.17) is 4.74 Å². The standard InChI is InChI=1S/C11H23NO2/c1-11(2,3)10(13)9-12-5-4-7-14-8-6-12/h10,13H,4-9H2,1-3H3. The molecule has 1 heterocycles. The van der Waals surface area contributed by atoms with Crippen molar-refractivity contribution in [2.45, 2.75) is 33.3 Å². The van der Waals surface area contributed by atoms with Crippen molar-refractivity contribution in [3.8, 4) is 0 Å². The SMILES string of the molecule is CC(C)(C)C(O)CN1CCCOCC1. The highest BCUT2D eigenvalue weighted by Crippen LogP contribution is 2.20. The number of hydrogen-bond acceptors (Lipinski definition) is 3. The summed E-state index contributed by atoms with van der Waals surface area (Å²) in [5.41, 5.74) is -0.0207. The molecular formula is C11H23NO2. The smallest absolute Gasteiger partial charge is 0.0715 e. The molecule has 0 saturated carbocycles. The molecule has 1 saturated heterocycles. The van der Waals surface area contributed by atoms with Gasteiger partial charge in [0.15, 0.2) is 0 Å². The summed E-state index contributed by atoms with van der Waals surface area (Å²) >= 11 is 0. The number of hydrogen-bond donors (Lipinski definition) is 1. The molecule has 0 aromatic carbocycles. The van der Waals surface area contributed by atoms with Crippen molar-refractivity contribution in [3.63, 3.8) is 0 Å². The third-order valence-corrected chi connectivity index (χ3v) is 2.75. The van der Waals surface area contributed by atoms with Gasteiger partial charge in [-0.2, -0.15) is 0 Å². The minimum Gasteiger partial charge on any atom is -0.391 e. The monoisotopic (exact) mass is 201 g/mol. The minimum atomic E-state index is -0.249. The Morgan fingerprint density at radius 2 is 2.00 bits per heavy atom. The normalized spacial score (nSPS) is 23.1. The Bertz CT molecular complexity index is 157. The number of rotatable bonds is 2. The fraction of sp³-hybridized carbons (Fsp3) is 1.00. The van der Waals surface area contributed by atoms with Gasteiger partial charge in [0.05, 0.1) is 12.7 Å². The fourth-order valence-corrected chi connectivity index (χ4v) is 1.50. The third-order valence-electron chi connectivity index (χ3n) is 2.75. The van der Waals surface area contributed by atoms with Crippen LogP contribution in [0.4, 0.5) is 0 Å². The maximum absolute atomic E-state index is 9.95. The highest BCUT2D eigenvalue weighted by Gasteiger charge is 2.24. The van der Waals surface area contributed by atoms with Crippen LogP contribution >= 0.6 is 0 Å². The minimum absolute atomic E-state index is 0.0207. The van der Waals surface area contributed by atoms with E-state index >= 15 is 0 Å². The van der Waals surface area contributed by atoms with E-state index in [1.165, 1.54) is 0 Å². The molecule has 3 heteroatoms. The van der Waals surface area contributed by atoms with E-state index in [1.54, 1.807) is 0 Å². The summed E-state index contributed by atoms with van der Waals surface area (Å²) in [6, 6.07) is 0. The van der Waals surface area contributed by atoms with Gasteiger partial charge in [-0.25, -0.2) is 0 Å². The van der Waals surface area contributed by atoms with Crippen molar-refractivity contribution in [1.82, 2.24) is 4.90 Å². The molecule has 0 aromatic heterocycles. The maximum Gasteiger partial charge on any atom is 0.0715 e. The van der Waals surface area contributed by atoms with Gasteiger partial charge in [-0.3, -0.25) is 4.90 Å². The third kappa shape index (κ3) is 3.95. The Balaban J connectivity index is 2.34. The van der Waals surface area contributed by atoms with Crippen molar-refractivity contribution in [3.05, 3.63) is 0 Å². The van der Waals surface area contributed by atoms with Crippen molar-refractivity contribution >= 4 is 0 Å². The van der Waals surface area contributed by atoms with Gasteiger partial charge >= 0.3 is 0 Å². The van der Waals surface area contributed by atoms with Crippen molar-refractivity contribution < 1.29 is 9.84 Å². The van der Waals surface area contributed by atoms with E-state index in [0.29, 0.717) is 0 Å². The van der Waals surface area contributed by atoms with Crippen LogP contribution in [0.3, 0.4) is 0 Å². The zero-order chi connectivity index (χ0) is 10.6. The Morgan fingerprint density at radius 3 is 2.64 bits per heavy atom. The Morgan fingerprint density at radius 1 is 1.29 bits per heavy atom. The molecule has 0 aliphatic carbocycles. The van der Waals surface area contributed by atoms with Gasteiger partial charge in [0.1, 0.15) is 0 Å². The first kappa shape index (κ1) is 12.0. The van der Waals surface area contributed by atoms with E-state index < -0.39 is 0 Å². The lowest BCUT2D eigenvalue weighted by molar-refractivity contribution is 0.0275. The van der Waals surface area contributed by atoms with Crippen LogP contribution in [0, 0.1) is 5.41 Å². The van der Waals surface area contributed by atoms with Crippen molar-refractivity contribution in [2.75, 3.05) is 32.8 Å². The van der Waals surface area contributed by atoms with Crippen LogP contribution in [0.15, 0.2) is 0 Å². The van der Waals surface area contributed by atoms with Crippen LogP contribution in [-0.4, -0.2) is 49.0 Å². The number of nitrogens with zero attached hydrogens (tertiary/aromatic N) is 1. The van der Waals surface area contributed by atoms with Gasteiger partial charge in [-0.05, 0) is 11.8 Å². The fourth-order valence-electron chi connectivity index (χ4n) is 1.50. The summed E-state index contributed by atoms with van der Waals surface area (Å²) in [7, 11) is 0. The lowest BCUT2D eigenvalue weighted by atomic mass is 9.89. The Hall–Kier alpha value is -0.120. The predicted octanol–water partition coefficient (Wildman–Crippen LogP) is 1.12. The van der Waals surface area contributed by atoms with E-state index in [0.717, 1.165) is 39.3 Å². The van der Waals surface area contributed by atoms with E-state index in [1.807, 2.05) is 0 Å². The quantitative estimate of drug-likeness (QED) is 0.726. The van der Waals surface area contributed by atoms with Crippen LogP contribution in [-0.2, 0) is 4.74 Å². The van der Waals surface area contributed by atoms with Gasteiger partial charge in [0.2, 0.25) is 0 Å². The molecular weight excluding hydrogens is 178 g/mol. The summed E-state index contributed by atoms with van der Waals surface area (Å²) in [4.78, 5) is 2.29. The van der Waals surface area contributed by atoms with Crippen LogP contribution in [0.2, 0.25) is 0 Å². The van der Waals surface area contributed by atoms with Crippen LogP contribution in [0.1, 0.15) is 27.2 Å². The maximum atomic E-state index is 9.95. The van der Waals surface area contributed by atoms with E-state index in [-0.39, 0.29) is 11.5 Å². The summed E-state index contributed by atoms with van der Waals surface area (Å²) < 4.78 is 5.37. The molecule has 0 aromatic rings. The summed E-state index contributed by atoms with van der Waals surface area (Å²) in [5.74, 6) is 0. The average molecular weight is 201 g/mol. The summed E-state index contributed by atoms with van der Waals surface area (Å²) in [6.45, 7) is 10.7. The topological polar surface area (TPSA) is 32.7 Å². The molecule has 1 aliphatic heterocycles. The van der Waals surface area contributed by atoms with E-state index in [9.17, 15) is 5.11 Å². The molecule has 1 rings (SSSR count). The molecule has 0 radical (unpaired) electrons. The molecule has 84 valence electrons. The average Bonchev–Trinajstić information content (AvgIpc) is 2.31. The molecule has 0 amide bonds. The second-order valence-corrected chi connectivity index (χ2v) is 5.15. The molecule has 1 aliphatic rings. The van der Waals surface area contributed by atoms with Gasteiger partial charge in [0, 0.05) is 26.2 Å². The number of aliphatic hydroxyl groups excluding tert-OH is 1. The molecule has 0 bridgehead atoms. The Labute approximate surface area is 87.1 Å². The summed E-state index contributed by atoms with van der Waals surface area (Å²) in [6.07, 6.45) is 0.831. The lowest BCUT2D eigenvalue weighted by Crippen LogP contribution is -2.40. The number of β-amino-alcohol motifs (C(OH)–C–C–N with tert-alkyl or cyclic N) is 1. The van der Waals surface area contributed by atoms with Crippen LogP contribution in [0.5, 0.6) is 0 Å². The predicted molar refractivity (Wildman–Crippen MR) is 57.3 cm³/mol. The van der Waals surface area contributed by atoms with Crippen LogP contribution < -0.4 is 0 Å². The molecule has 14 heavy (non-hydrogen) atoms. The van der Waals surface area contributed by atoms with Gasteiger partial charge < -0.3 is 9.84 Å². The number of ether oxygens (including phenoxy) is 1. The highest BCUT2D eigenvalue weighted by atomic mass is 16.5. The zero-order valence-electron chi connectivity index (χ0n) is 9.62. The first-order valence-electron chi connectivity index (χ1n) is 5.48. The first-order chi connectivity index (χ1) is 6.50. The van der Waals surface area contributed by atoms with Gasteiger partial charge in [-0.1, -0.05) is 20.8 Å². The Kier molecular flexibility index (Phi) is 4.35. The largest absolute Gasteiger partial charge is 0.391 e. The molecule has 1 atom stereocenters. The molecule has 1 unspecified atom stereocenters. The number of aliphatic hydroxyl groups is 1. The van der Waals surface area contributed by atoms with E-state index in [2.05, 4.69) is 25.7 Å². The lowest BCUT2D eigenvalue weighted by Gasteiger charge is -2.30. The molecule has 3 nitrogen and oxygen atoms in total. The first-order valence-corrected chi connectivity index (χ1v) is 5.48. The second kappa shape index (κ2) is 5.10. The zero-order valence-corrected chi connectivity index (χ0v) is 9.62. The van der Waals surface area contributed by atoms with Gasteiger partial charge in [-0.15, -0.1) is 0 Å². The van der Waals surface area contributed by atoms with Crippen molar-refractivity contribution in [2.24, 2.45) is 5.41 Å². The van der Waals surface area contributed by atoms with Crippen molar-refractivity contribution in [1.29, 1.82) is 0 Å². The van der Waals surface area contributed by atoms with Gasteiger partial charge in [0.25, 0.3) is 0 Å². The highest BCUT2D eigenvalue weighted by molar-refractivity contribution is 4.76.